The van der Waals surface area contributed by atoms with Crippen LogP contribution >= 0.6 is 24.8 Å². The Morgan fingerprint density at radius 1 is 1.40 bits per heavy atom. The van der Waals surface area contributed by atoms with Crippen molar-refractivity contribution in [3.63, 3.8) is 0 Å². The molecular formula is C13H24Cl2N4O. The predicted molar refractivity (Wildman–Crippen MR) is 84.3 cm³/mol. The minimum atomic E-state index is 0. The summed E-state index contributed by atoms with van der Waals surface area (Å²) in [4.78, 5) is 18.1. The first-order valence-electron chi connectivity index (χ1n) is 6.73. The fraction of sp³-hybridized carbons (Fsp3) is 0.692. The first-order chi connectivity index (χ1) is 8.79. The van der Waals surface area contributed by atoms with E-state index in [0.717, 1.165) is 39.0 Å². The molecule has 0 saturated carbocycles. The van der Waals surface area contributed by atoms with Crippen LogP contribution in [-0.4, -0.2) is 40.0 Å². The fourth-order valence-corrected chi connectivity index (χ4v) is 2.56. The molecule has 1 saturated heterocycles. The van der Waals surface area contributed by atoms with Crippen molar-refractivity contribution in [1.29, 1.82) is 0 Å². The van der Waals surface area contributed by atoms with E-state index in [9.17, 15) is 4.79 Å². The van der Waals surface area contributed by atoms with Gasteiger partial charge in [-0.2, -0.15) is 0 Å². The largest absolute Gasteiger partial charge is 0.342 e. The van der Waals surface area contributed by atoms with Gasteiger partial charge in [0.2, 0.25) is 5.91 Å². The van der Waals surface area contributed by atoms with Crippen LogP contribution in [0.15, 0.2) is 18.7 Å². The van der Waals surface area contributed by atoms with Gasteiger partial charge in [0.25, 0.3) is 0 Å². The zero-order valence-electron chi connectivity index (χ0n) is 11.6. The van der Waals surface area contributed by atoms with Crippen LogP contribution in [0.2, 0.25) is 0 Å². The van der Waals surface area contributed by atoms with Gasteiger partial charge >= 0.3 is 0 Å². The number of aromatic nitrogens is 2. The topological polar surface area (TPSA) is 64.2 Å². The number of likely N-dealkylation sites (tertiary alicyclic amines) is 1. The summed E-state index contributed by atoms with van der Waals surface area (Å²) in [5, 5.41) is 0. The van der Waals surface area contributed by atoms with Gasteiger partial charge in [0.1, 0.15) is 0 Å². The highest BCUT2D eigenvalue weighted by Gasteiger charge is 2.22. The van der Waals surface area contributed by atoms with Crippen LogP contribution in [0.25, 0.3) is 0 Å². The number of nitrogens with zero attached hydrogens (tertiary/aromatic N) is 3. The number of piperidine rings is 1. The summed E-state index contributed by atoms with van der Waals surface area (Å²) in [5.41, 5.74) is 5.59. The fourth-order valence-electron chi connectivity index (χ4n) is 2.56. The van der Waals surface area contributed by atoms with Crippen LogP contribution in [0.4, 0.5) is 0 Å². The molecule has 0 aliphatic carbocycles. The third-order valence-corrected chi connectivity index (χ3v) is 3.59. The van der Waals surface area contributed by atoms with E-state index in [4.69, 9.17) is 5.73 Å². The van der Waals surface area contributed by atoms with E-state index in [1.807, 2.05) is 15.7 Å². The monoisotopic (exact) mass is 322 g/mol. The van der Waals surface area contributed by atoms with Crippen molar-refractivity contribution in [3.05, 3.63) is 18.7 Å². The highest BCUT2D eigenvalue weighted by Crippen LogP contribution is 2.19. The summed E-state index contributed by atoms with van der Waals surface area (Å²) in [7, 11) is 0. The van der Waals surface area contributed by atoms with Gasteiger partial charge in [-0.05, 0) is 31.7 Å². The Morgan fingerprint density at radius 3 is 2.85 bits per heavy atom. The second-order valence-corrected chi connectivity index (χ2v) is 4.98. The van der Waals surface area contributed by atoms with Crippen molar-refractivity contribution in [3.8, 4) is 0 Å². The van der Waals surface area contributed by atoms with E-state index in [0.29, 0.717) is 12.3 Å². The lowest BCUT2D eigenvalue weighted by molar-refractivity contribution is -0.133. The zero-order valence-corrected chi connectivity index (χ0v) is 13.2. The van der Waals surface area contributed by atoms with Gasteiger partial charge < -0.3 is 15.2 Å². The molecule has 0 aromatic carbocycles. The van der Waals surface area contributed by atoms with E-state index in [2.05, 4.69) is 4.98 Å². The van der Waals surface area contributed by atoms with E-state index in [-0.39, 0.29) is 30.7 Å². The Morgan fingerprint density at radius 2 is 2.20 bits per heavy atom. The maximum absolute atomic E-state index is 12.1. The number of halogens is 2. The second kappa shape index (κ2) is 10.0. The van der Waals surface area contributed by atoms with Crippen LogP contribution in [0.1, 0.15) is 25.7 Å². The minimum Gasteiger partial charge on any atom is -0.342 e. The lowest BCUT2D eigenvalue weighted by Crippen LogP contribution is -2.40. The smallest absolute Gasteiger partial charge is 0.224 e. The molecule has 2 heterocycles. The van der Waals surface area contributed by atoms with Gasteiger partial charge in [0.15, 0.2) is 0 Å². The average Bonchev–Trinajstić information content (AvgIpc) is 2.90. The van der Waals surface area contributed by atoms with E-state index >= 15 is 0 Å². The number of aryl methyl sites for hydroxylation is 1. The van der Waals surface area contributed by atoms with E-state index < -0.39 is 0 Å². The maximum Gasteiger partial charge on any atom is 0.224 e. The number of carbonyl (C=O) groups is 1. The number of rotatable bonds is 5. The molecule has 2 N–H and O–H groups in total. The molecule has 0 spiro atoms. The standard InChI is InChI=1S/C13H22N4O.2ClH/c14-5-3-12-2-1-7-17(10-12)13(18)4-8-16-9-6-15-11-16;;/h6,9,11-12H,1-5,7-8,10,14H2;2*1H. The molecule has 1 aromatic heterocycles. The number of amides is 1. The first-order valence-corrected chi connectivity index (χ1v) is 6.73. The van der Waals surface area contributed by atoms with Crippen LogP contribution < -0.4 is 5.73 Å². The van der Waals surface area contributed by atoms with Crippen LogP contribution in [0, 0.1) is 5.92 Å². The maximum atomic E-state index is 12.1. The Labute approximate surface area is 132 Å². The summed E-state index contributed by atoms with van der Waals surface area (Å²) < 4.78 is 1.94. The molecule has 7 heteroatoms. The zero-order chi connectivity index (χ0) is 12.8. The third kappa shape index (κ3) is 5.69. The first kappa shape index (κ1) is 19.2. The van der Waals surface area contributed by atoms with Crippen molar-refractivity contribution < 1.29 is 4.79 Å². The van der Waals surface area contributed by atoms with Gasteiger partial charge in [0, 0.05) is 38.4 Å². The van der Waals surface area contributed by atoms with Crippen molar-refractivity contribution in [1.82, 2.24) is 14.5 Å². The van der Waals surface area contributed by atoms with E-state index in [1.54, 1.807) is 12.5 Å². The summed E-state index contributed by atoms with van der Waals surface area (Å²) in [6.45, 7) is 3.24. The van der Waals surface area contributed by atoms with Crippen molar-refractivity contribution in [2.75, 3.05) is 19.6 Å². The molecule has 2 rings (SSSR count). The lowest BCUT2D eigenvalue weighted by Gasteiger charge is -2.32. The lowest BCUT2D eigenvalue weighted by atomic mass is 9.94. The molecule has 1 unspecified atom stereocenters. The molecule has 1 aliphatic heterocycles. The SMILES string of the molecule is Cl.Cl.NCCC1CCCN(C(=O)CCn2ccnc2)C1. The average molecular weight is 323 g/mol. The minimum absolute atomic E-state index is 0. The summed E-state index contributed by atoms with van der Waals surface area (Å²) >= 11 is 0. The molecule has 0 radical (unpaired) electrons. The van der Waals surface area contributed by atoms with E-state index in [1.165, 1.54) is 6.42 Å². The Hall–Kier alpha value is -0.780. The predicted octanol–water partition coefficient (Wildman–Crippen LogP) is 1.70. The molecule has 1 aromatic rings. The molecule has 1 fully saturated rings. The number of hydrogen-bond donors (Lipinski definition) is 1. The molecule has 0 bridgehead atoms. The Kier molecular flexibility index (Phi) is 9.63. The molecule has 1 amide bonds. The number of carbonyl (C=O) groups excluding carboxylic acids is 1. The van der Waals surface area contributed by atoms with Crippen LogP contribution in [0.5, 0.6) is 0 Å². The van der Waals surface area contributed by atoms with Gasteiger partial charge in [0.05, 0.1) is 6.33 Å². The number of hydrogen-bond acceptors (Lipinski definition) is 3. The van der Waals surface area contributed by atoms with Crippen molar-refractivity contribution in [2.24, 2.45) is 11.7 Å². The van der Waals surface area contributed by atoms with Crippen molar-refractivity contribution in [2.45, 2.75) is 32.2 Å². The normalized spacial score (nSPS) is 18.1. The molecule has 116 valence electrons. The van der Waals surface area contributed by atoms with Gasteiger partial charge in [-0.25, -0.2) is 4.98 Å². The highest BCUT2D eigenvalue weighted by atomic mass is 35.5. The molecular weight excluding hydrogens is 299 g/mol. The molecule has 20 heavy (non-hydrogen) atoms. The van der Waals surface area contributed by atoms with Crippen LogP contribution in [0.3, 0.4) is 0 Å². The summed E-state index contributed by atoms with van der Waals surface area (Å²) in [6, 6.07) is 0. The summed E-state index contributed by atoms with van der Waals surface area (Å²) in [5.74, 6) is 0.853. The molecule has 5 nitrogen and oxygen atoms in total. The van der Waals surface area contributed by atoms with Crippen LogP contribution in [-0.2, 0) is 11.3 Å². The van der Waals surface area contributed by atoms with Gasteiger partial charge in [-0.1, -0.05) is 0 Å². The second-order valence-electron chi connectivity index (χ2n) is 4.98. The Balaban J connectivity index is 0.00000180. The molecule has 1 aliphatic rings. The van der Waals surface area contributed by atoms with Gasteiger partial charge in [-0.15, -0.1) is 24.8 Å². The van der Waals surface area contributed by atoms with Gasteiger partial charge in [-0.3, -0.25) is 4.79 Å². The number of imidazole rings is 1. The summed E-state index contributed by atoms with van der Waals surface area (Å²) in [6.07, 6.45) is 9.30. The highest BCUT2D eigenvalue weighted by molar-refractivity contribution is 5.85. The quantitative estimate of drug-likeness (QED) is 0.897. The van der Waals surface area contributed by atoms with Crippen molar-refractivity contribution >= 4 is 30.7 Å². The Bertz CT molecular complexity index is 370. The molecule has 1 atom stereocenters. The number of nitrogens with two attached hydrogens (primary N) is 1. The third-order valence-electron chi connectivity index (χ3n) is 3.59.